The fraction of sp³-hybridized carbons (Fsp3) is 0.500. The van der Waals surface area contributed by atoms with Crippen molar-refractivity contribution in [1.29, 1.82) is 5.41 Å². The maximum absolute atomic E-state index is 12.2. The molecule has 1 fully saturated rings. The number of amidine groups is 1. The molecular weight excluding hydrogens is 252 g/mol. The highest BCUT2D eigenvalue weighted by Gasteiger charge is 2.29. The highest BCUT2D eigenvalue weighted by molar-refractivity contribution is 5.80. The van der Waals surface area contributed by atoms with Gasteiger partial charge < -0.3 is 10.5 Å². The van der Waals surface area contributed by atoms with Crippen molar-refractivity contribution in [2.75, 3.05) is 0 Å². The third-order valence-corrected chi connectivity index (χ3v) is 4.04. The fourth-order valence-electron chi connectivity index (χ4n) is 2.75. The van der Waals surface area contributed by atoms with Crippen LogP contribution in [0.3, 0.4) is 0 Å². The number of benzene rings is 1. The van der Waals surface area contributed by atoms with Gasteiger partial charge in [-0.15, -0.1) is 0 Å². The monoisotopic (exact) mass is 274 g/mol. The molecule has 0 aromatic heterocycles. The summed E-state index contributed by atoms with van der Waals surface area (Å²) in [5.74, 6) is 0.811. The second-order valence-corrected chi connectivity index (χ2v) is 5.69. The summed E-state index contributed by atoms with van der Waals surface area (Å²) in [4.78, 5) is 12.2. The van der Waals surface area contributed by atoms with Crippen molar-refractivity contribution >= 4 is 11.8 Å². The molecule has 1 aliphatic carbocycles. The third kappa shape index (κ3) is 3.38. The fourth-order valence-corrected chi connectivity index (χ4v) is 2.75. The highest BCUT2D eigenvalue weighted by Crippen LogP contribution is 2.30. The number of ether oxygens (including phenoxy) is 1. The molecule has 1 aliphatic rings. The van der Waals surface area contributed by atoms with E-state index in [1.165, 1.54) is 0 Å². The molecule has 1 aromatic rings. The minimum absolute atomic E-state index is 0.0636. The standard InChI is InChI=1S/C16H22N2O2/c1-10-3-8-14(11(2)9-10)20-16(19)13-6-4-12(5-7-13)15(17)18/h3,8-9,12-13H,4-7H2,1-2H3,(H3,17,18). The van der Waals surface area contributed by atoms with Crippen molar-refractivity contribution in [1.82, 2.24) is 0 Å². The number of nitrogens with two attached hydrogens (primary N) is 1. The molecule has 108 valence electrons. The molecule has 0 saturated heterocycles. The zero-order valence-corrected chi connectivity index (χ0v) is 12.1. The van der Waals surface area contributed by atoms with Gasteiger partial charge in [0.15, 0.2) is 0 Å². The lowest BCUT2D eigenvalue weighted by atomic mass is 9.81. The van der Waals surface area contributed by atoms with Gasteiger partial charge in [-0.3, -0.25) is 10.2 Å². The van der Waals surface area contributed by atoms with Gasteiger partial charge >= 0.3 is 5.97 Å². The van der Waals surface area contributed by atoms with E-state index >= 15 is 0 Å². The lowest BCUT2D eigenvalue weighted by Crippen LogP contribution is -2.31. The third-order valence-electron chi connectivity index (χ3n) is 4.04. The van der Waals surface area contributed by atoms with Crippen molar-refractivity contribution in [2.45, 2.75) is 39.5 Å². The first-order valence-electron chi connectivity index (χ1n) is 7.10. The Morgan fingerprint density at radius 2 is 1.80 bits per heavy atom. The maximum atomic E-state index is 12.2. The Kier molecular flexibility index (Phi) is 4.42. The Balaban J connectivity index is 1.94. The molecular formula is C16H22N2O2. The first-order chi connectivity index (χ1) is 9.47. The number of carbonyl (C=O) groups excluding carboxylic acids is 1. The number of carbonyl (C=O) groups is 1. The smallest absolute Gasteiger partial charge is 0.314 e. The maximum Gasteiger partial charge on any atom is 0.314 e. The van der Waals surface area contributed by atoms with Gasteiger partial charge in [0.1, 0.15) is 5.75 Å². The number of aryl methyl sites for hydroxylation is 2. The molecule has 0 radical (unpaired) electrons. The van der Waals surface area contributed by atoms with E-state index in [0.29, 0.717) is 5.75 Å². The Morgan fingerprint density at radius 3 is 2.35 bits per heavy atom. The molecule has 3 N–H and O–H groups in total. The summed E-state index contributed by atoms with van der Waals surface area (Å²) in [6.45, 7) is 3.96. The van der Waals surface area contributed by atoms with Crippen LogP contribution in [0.2, 0.25) is 0 Å². The van der Waals surface area contributed by atoms with Crippen LogP contribution in [0.25, 0.3) is 0 Å². The molecule has 0 unspecified atom stereocenters. The first-order valence-corrected chi connectivity index (χ1v) is 7.10. The molecule has 0 spiro atoms. The van der Waals surface area contributed by atoms with Crippen LogP contribution in [0.5, 0.6) is 5.75 Å². The first kappa shape index (κ1) is 14.6. The molecule has 0 bridgehead atoms. The second kappa shape index (κ2) is 6.07. The summed E-state index contributed by atoms with van der Waals surface area (Å²) < 4.78 is 5.51. The van der Waals surface area contributed by atoms with Crippen LogP contribution in [0, 0.1) is 31.1 Å². The topological polar surface area (TPSA) is 76.2 Å². The lowest BCUT2D eigenvalue weighted by molar-refractivity contribution is -0.140. The molecule has 0 heterocycles. The molecule has 1 aromatic carbocycles. The minimum Gasteiger partial charge on any atom is -0.426 e. The van der Waals surface area contributed by atoms with E-state index in [-0.39, 0.29) is 23.6 Å². The second-order valence-electron chi connectivity index (χ2n) is 5.69. The predicted molar refractivity (Wildman–Crippen MR) is 78.9 cm³/mol. The van der Waals surface area contributed by atoms with Crippen molar-refractivity contribution in [3.63, 3.8) is 0 Å². The summed E-state index contributed by atoms with van der Waals surface area (Å²) in [6, 6.07) is 5.81. The van der Waals surface area contributed by atoms with Gasteiger partial charge in [0, 0.05) is 5.92 Å². The van der Waals surface area contributed by atoms with Gasteiger partial charge in [-0.25, -0.2) is 0 Å². The number of hydrogen-bond acceptors (Lipinski definition) is 3. The van der Waals surface area contributed by atoms with E-state index in [4.69, 9.17) is 15.9 Å². The van der Waals surface area contributed by atoms with E-state index in [9.17, 15) is 4.79 Å². The highest BCUT2D eigenvalue weighted by atomic mass is 16.5. The molecule has 0 amide bonds. The van der Waals surface area contributed by atoms with Crippen LogP contribution in [0.15, 0.2) is 18.2 Å². The van der Waals surface area contributed by atoms with Crippen molar-refractivity contribution < 1.29 is 9.53 Å². The normalized spacial score (nSPS) is 22.3. The van der Waals surface area contributed by atoms with Crippen LogP contribution >= 0.6 is 0 Å². The number of esters is 1. The van der Waals surface area contributed by atoms with Gasteiger partial charge in [0.05, 0.1) is 11.8 Å². The van der Waals surface area contributed by atoms with E-state index in [1.807, 2.05) is 32.0 Å². The molecule has 0 aliphatic heterocycles. The quantitative estimate of drug-likeness (QED) is 0.385. The number of rotatable bonds is 3. The number of nitrogens with one attached hydrogen (secondary N) is 1. The Labute approximate surface area is 119 Å². The van der Waals surface area contributed by atoms with E-state index in [0.717, 1.165) is 36.8 Å². The lowest BCUT2D eigenvalue weighted by Gasteiger charge is -2.26. The molecule has 20 heavy (non-hydrogen) atoms. The Hall–Kier alpha value is -1.84. The summed E-state index contributed by atoms with van der Waals surface area (Å²) in [5.41, 5.74) is 7.65. The minimum atomic E-state index is -0.154. The number of hydrogen-bond donors (Lipinski definition) is 2. The van der Waals surface area contributed by atoms with Gasteiger partial charge in [0.25, 0.3) is 0 Å². The van der Waals surface area contributed by atoms with Crippen LogP contribution in [0.1, 0.15) is 36.8 Å². The Bertz CT molecular complexity index is 517. The summed E-state index contributed by atoms with van der Waals surface area (Å²) in [5, 5.41) is 7.45. The van der Waals surface area contributed by atoms with Gasteiger partial charge in [0.2, 0.25) is 0 Å². The average Bonchev–Trinajstić information content (AvgIpc) is 2.42. The van der Waals surface area contributed by atoms with Gasteiger partial charge in [-0.05, 0) is 51.2 Å². The molecule has 0 atom stereocenters. The van der Waals surface area contributed by atoms with Crippen molar-refractivity contribution in [2.24, 2.45) is 17.6 Å². The van der Waals surface area contributed by atoms with Crippen LogP contribution in [0.4, 0.5) is 0 Å². The summed E-state index contributed by atoms with van der Waals surface area (Å²) >= 11 is 0. The zero-order valence-electron chi connectivity index (χ0n) is 12.1. The van der Waals surface area contributed by atoms with Gasteiger partial charge in [-0.1, -0.05) is 17.7 Å². The average molecular weight is 274 g/mol. The predicted octanol–water partition coefficient (Wildman–Crippen LogP) is 2.95. The summed E-state index contributed by atoms with van der Waals surface area (Å²) in [7, 11) is 0. The van der Waals surface area contributed by atoms with Gasteiger partial charge in [-0.2, -0.15) is 0 Å². The van der Waals surface area contributed by atoms with Crippen LogP contribution < -0.4 is 10.5 Å². The van der Waals surface area contributed by atoms with Crippen LogP contribution in [-0.4, -0.2) is 11.8 Å². The SMILES string of the molecule is Cc1ccc(OC(=O)C2CCC(C(=N)N)CC2)c(C)c1. The Morgan fingerprint density at radius 1 is 1.20 bits per heavy atom. The largest absolute Gasteiger partial charge is 0.426 e. The molecule has 2 rings (SSSR count). The van der Waals surface area contributed by atoms with Crippen molar-refractivity contribution in [3.8, 4) is 5.75 Å². The van der Waals surface area contributed by atoms with Crippen LogP contribution in [-0.2, 0) is 4.79 Å². The zero-order chi connectivity index (χ0) is 14.7. The van der Waals surface area contributed by atoms with E-state index in [2.05, 4.69) is 0 Å². The summed E-state index contributed by atoms with van der Waals surface area (Å²) in [6.07, 6.45) is 3.13. The van der Waals surface area contributed by atoms with Crippen molar-refractivity contribution in [3.05, 3.63) is 29.3 Å². The molecule has 1 saturated carbocycles. The molecule has 4 heteroatoms. The molecule has 4 nitrogen and oxygen atoms in total. The van der Waals surface area contributed by atoms with E-state index < -0.39 is 0 Å². The van der Waals surface area contributed by atoms with E-state index in [1.54, 1.807) is 0 Å².